The molecule has 0 spiro atoms. The minimum absolute atomic E-state index is 0.148. The SMILES string of the molecule is CCC(=O)OC/C=C(C)/C=C/CC(C)C. The molecule has 0 bridgehead atoms. The van der Waals surface area contributed by atoms with Gasteiger partial charge in [0.25, 0.3) is 0 Å². The van der Waals surface area contributed by atoms with Gasteiger partial charge in [0.2, 0.25) is 0 Å². The first-order valence-electron chi connectivity index (χ1n) is 5.55. The van der Waals surface area contributed by atoms with E-state index in [-0.39, 0.29) is 5.97 Å². The summed E-state index contributed by atoms with van der Waals surface area (Å²) in [6.45, 7) is 8.56. The summed E-state index contributed by atoms with van der Waals surface area (Å²) < 4.78 is 4.94. The predicted octanol–water partition coefficient (Wildman–Crippen LogP) is 3.49. The number of allylic oxidation sites excluding steroid dienone is 3. The lowest BCUT2D eigenvalue weighted by Crippen LogP contribution is -2.01. The van der Waals surface area contributed by atoms with Gasteiger partial charge in [-0.15, -0.1) is 0 Å². The van der Waals surface area contributed by atoms with E-state index in [1.54, 1.807) is 6.92 Å². The van der Waals surface area contributed by atoms with Crippen molar-refractivity contribution in [2.75, 3.05) is 6.61 Å². The number of carbonyl (C=O) groups is 1. The molecule has 0 saturated carbocycles. The quantitative estimate of drug-likeness (QED) is 0.495. The topological polar surface area (TPSA) is 26.3 Å². The van der Waals surface area contributed by atoms with Crippen molar-refractivity contribution in [3.63, 3.8) is 0 Å². The molecule has 0 aromatic heterocycles. The van der Waals surface area contributed by atoms with Gasteiger partial charge in [-0.3, -0.25) is 4.79 Å². The van der Waals surface area contributed by atoms with Gasteiger partial charge in [-0.25, -0.2) is 0 Å². The van der Waals surface area contributed by atoms with Crippen LogP contribution < -0.4 is 0 Å². The lowest BCUT2D eigenvalue weighted by atomic mass is 10.1. The number of ether oxygens (including phenoxy) is 1. The van der Waals surface area contributed by atoms with Crippen LogP contribution in [0.4, 0.5) is 0 Å². The molecule has 0 rings (SSSR count). The summed E-state index contributed by atoms with van der Waals surface area (Å²) in [5, 5.41) is 0. The highest BCUT2D eigenvalue weighted by molar-refractivity contribution is 5.68. The largest absolute Gasteiger partial charge is 0.461 e. The van der Waals surface area contributed by atoms with Gasteiger partial charge >= 0.3 is 5.97 Å². The fourth-order valence-electron chi connectivity index (χ4n) is 0.962. The Kier molecular flexibility index (Phi) is 7.69. The first kappa shape index (κ1) is 13.9. The number of esters is 1. The molecule has 0 aromatic carbocycles. The molecule has 0 heterocycles. The molecular weight excluding hydrogens is 188 g/mol. The number of carbonyl (C=O) groups excluding carboxylic acids is 1. The van der Waals surface area contributed by atoms with Gasteiger partial charge in [0, 0.05) is 6.42 Å². The van der Waals surface area contributed by atoms with Gasteiger partial charge in [-0.2, -0.15) is 0 Å². The zero-order valence-corrected chi connectivity index (χ0v) is 10.2. The summed E-state index contributed by atoms with van der Waals surface area (Å²) in [4.78, 5) is 10.8. The molecule has 0 unspecified atom stereocenters. The predicted molar refractivity (Wildman–Crippen MR) is 63.6 cm³/mol. The normalized spacial score (nSPS) is 12.5. The van der Waals surface area contributed by atoms with Gasteiger partial charge in [0.05, 0.1) is 0 Å². The Morgan fingerprint density at radius 1 is 1.40 bits per heavy atom. The van der Waals surface area contributed by atoms with Crippen LogP contribution in [0.3, 0.4) is 0 Å². The summed E-state index contributed by atoms with van der Waals surface area (Å²) in [6.07, 6.45) is 7.66. The minimum Gasteiger partial charge on any atom is -0.461 e. The molecule has 86 valence electrons. The van der Waals surface area contributed by atoms with Crippen LogP contribution in [-0.2, 0) is 9.53 Å². The summed E-state index contributed by atoms with van der Waals surface area (Å²) in [6, 6.07) is 0. The Bertz CT molecular complexity index is 237. The average Bonchev–Trinajstić information content (AvgIpc) is 2.17. The smallest absolute Gasteiger partial charge is 0.305 e. The highest BCUT2D eigenvalue weighted by atomic mass is 16.5. The first-order chi connectivity index (χ1) is 7.06. The van der Waals surface area contributed by atoms with Crippen molar-refractivity contribution in [3.05, 3.63) is 23.8 Å². The van der Waals surface area contributed by atoms with Crippen molar-refractivity contribution in [3.8, 4) is 0 Å². The molecule has 0 N–H and O–H groups in total. The molecule has 0 fully saturated rings. The highest BCUT2D eigenvalue weighted by Gasteiger charge is 1.94. The monoisotopic (exact) mass is 210 g/mol. The molecule has 0 saturated heterocycles. The van der Waals surface area contributed by atoms with Gasteiger partial charge in [0.15, 0.2) is 0 Å². The summed E-state index contributed by atoms with van der Waals surface area (Å²) in [5.41, 5.74) is 1.14. The molecule has 0 radical (unpaired) electrons. The van der Waals surface area contributed by atoms with Crippen molar-refractivity contribution in [1.82, 2.24) is 0 Å². The maximum absolute atomic E-state index is 10.8. The second kappa shape index (κ2) is 8.27. The Morgan fingerprint density at radius 3 is 2.60 bits per heavy atom. The third kappa shape index (κ3) is 9.26. The maximum atomic E-state index is 10.8. The lowest BCUT2D eigenvalue weighted by molar-refractivity contribution is -0.141. The van der Waals surface area contributed by atoms with E-state index in [0.717, 1.165) is 12.0 Å². The van der Waals surface area contributed by atoms with E-state index in [9.17, 15) is 4.79 Å². The van der Waals surface area contributed by atoms with Crippen LogP contribution in [0.25, 0.3) is 0 Å². The molecule has 0 aliphatic carbocycles. The minimum atomic E-state index is -0.148. The second-order valence-electron chi connectivity index (χ2n) is 4.02. The third-order valence-electron chi connectivity index (χ3n) is 1.93. The first-order valence-corrected chi connectivity index (χ1v) is 5.55. The molecule has 0 aliphatic heterocycles. The zero-order valence-electron chi connectivity index (χ0n) is 10.2. The molecule has 0 atom stereocenters. The van der Waals surface area contributed by atoms with E-state index in [4.69, 9.17) is 4.74 Å². The number of rotatable bonds is 6. The molecule has 0 amide bonds. The van der Waals surface area contributed by atoms with Gasteiger partial charge in [0.1, 0.15) is 6.61 Å². The van der Waals surface area contributed by atoms with Crippen LogP contribution in [0.15, 0.2) is 23.8 Å². The standard InChI is InChI=1S/C13H22O2/c1-5-13(14)15-10-9-12(4)8-6-7-11(2)3/h6,8-9,11H,5,7,10H2,1-4H3/b8-6+,12-9+. The van der Waals surface area contributed by atoms with E-state index < -0.39 is 0 Å². The number of hydrogen-bond donors (Lipinski definition) is 0. The molecule has 2 heteroatoms. The zero-order chi connectivity index (χ0) is 11.7. The summed E-state index contributed by atoms with van der Waals surface area (Å²) in [5.74, 6) is 0.539. The van der Waals surface area contributed by atoms with Crippen LogP contribution in [0, 0.1) is 5.92 Å². The fraction of sp³-hybridized carbons (Fsp3) is 0.615. The van der Waals surface area contributed by atoms with E-state index in [1.807, 2.05) is 13.0 Å². The van der Waals surface area contributed by atoms with Gasteiger partial charge in [-0.1, -0.05) is 38.5 Å². The molecule has 0 aliphatic rings. The molecule has 15 heavy (non-hydrogen) atoms. The Morgan fingerprint density at radius 2 is 2.07 bits per heavy atom. The molecule has 2 nitrogen and oxygen atoms in total. The average molecular weight is 210 g/mol. The van der Waals surface area contributed by atoms with Crippen LogP contribution >= 0.6 is 0 Å². The Balaban J connectivity index is 3.78. The molecule has 0 aromatic rings. The maximum Gasteiger partial charge on any atom is 0.305 e. The Labute approximate surface area is 93.0 Å². The molecular formula is C13H22O2. The van der Waals surface area contributed by atoms with E-state index >= 15 is 0 Å². The van der Waals surface area contributed by atoms with Crippen molar-refractivity contribution in [1.29, 1.82) is 0 Å². The van der Waals surface area contributed by atoms with Gasteiger partial charge in [-0.05, 0) is 25.3 Å². The summed E-state index contributed by atoms with van der Waals surface area (Å²) in [7, 11) is 0. The fourth-order valence-corrected chi connectivity index (χ4v) is 0.962. The van der Waals surface area contributed by atoms with E-state index in [0.29, 0.717) is 18.9 Å². The van der Waals surface area contributed by atoms with Crippen LogP contribution in [0.1, 0.15) is 40.5 Å². The lowest BCUT2D eigenvalue weighted by Gasteiger charge is -1.99. The summed E-state index contributed by atoms with van der Waals surface area (Å²) >= 11 is 0. The van der Waals surface area contributed by atoms with Crippen molar-refractivity contribution < 1.29 is 9.53 Å². The van der Waals surface area contributed by atoms with Crippen LogP contribution in [-0.4, -0.2) is 12.6 Å². The third-order valence-corrected chi connectivity index (χ3v) is 1.93. The van der Waals surface area contributed by atoms with Crippen molar-refractivity contribution in [2.45, 2.75) is 40.5 Å². The Hall–Kier alpha value is -1.05. The highest BCUT2D eigenvalue weighted by Crippen LogP contribution is 2.03. The van der Waals surface area contributed by atoms with Crippen LogP contribution in [0.5, 0.6) is 0 Å². The number of hydrogen-bond acceptors (Lipinski definition) is 2. The van der Waals surface area contributed by atoms with Gasteiger partial charge < -0.3 is 4.74 Å². The van der Waals surface area contributed by atoms with Crippen molar-refractivity contribution in [2.24, 2.45) is 5.92 Å². The second-order valence-corrected chi connectivity index (χ2v) is 4.02. The van der Waals surface area contributed by atoms with E-state index in [1.165, 1.54) is 0 Å². The van der Waals surface area contributed by atoms with Crippen molar-refractivity contribution >= 4 is 5.97 Å². The van der Waals surface area contributed by atoms with Crippen LogP contribution in [0.2, 0.25) is 0 Å². The van der Waals surface area contributed by atoms with E-state index in [2.05, 4.69) is 26.0 Å².